The highest BCUT2D eigenvalue weighted by molar-refractivity contribution is 5.98. The van der Waals surface area contributed by atoms with E-state index in [1.807, 2.05) is 13.8 Å². The first-order chi connectivity index (χ1) is 13.3. The van der Waals surface area contributed by atoms with Crippen molar-refractivity contribution in [3.8, 4) is 0 Å². The van der Waals surface area contributed by atoms with E-state index in [-0.39, 0.29) is 29.0 Å². The standard InChI is InChI=1S/C23H31FN2O2/c1-13(2)20(21(27)25-19-5-4-18(24)6-14(19)3)26-22(28)23-10-15-7-16(11-23)9-17(8-15)12-23/h4-6,13,15-17,20H,7-12H2,1-3H3,(H,25,27)(H,26,28)/t15?,16?,17?,20-,23?/m1/s1. The summed E-state index contributed by atoms with van der Waals surface area (Å²) in [4.78, 5) is 26.3. The molecule has 152 valence electrons. The van der Waals surface area contributed by atoms with Crippen molar-refractivity contribution in [3.05, 3.63) is 29.6 Å². The molecule has 28 heavy (non-hydrogen) atoms. The normalized spacial score (nSPS) is 31.7. The van der Waals surface area contributed by atoms with Crippen LogP contribution in [0.25, 0.3) is 0 Å². The number of benzene rings is 1. The summed E-state index contributed by atoms with van der Waals surface area (Å²) < 4.78 is 13.3. The van der Waals surface area contributed by atoms with Crippen molar-refractivity contribution in [2.45, 2.75) is 65.3 Å². The van der Waals surface area contributed by atoms with Crippen LogP contribution in [-0.2, 0) is 9.59 Å². The summed E-state index contributed by atoms with van der Waals surface area (Å²) >= 11 is 0. The van der Waals surface area contributed by atoms with Crippen LogP contribution in [0.4, 0.5) is 10.1 Å². The number of aryl methyl sites for hydroxylation is 1. The predicted octanol–water partition coefficient (Wildman–Crippen LogP) is 4.43. The second-order valence-corrected chi connectivity index (χ2v) is 9.84. The van der Waals surface area contributed by atoms with Crippen molar-refractivity contribution in [3.63, 3.8) is 0 Å². The molecule has 4 aliphatic rings. The van der Waals surface area contributed by atoms with E-state index in [0.717, 1.165) is 19.3 Å². The number of hydrogen-bond donors (Lipinski definition) is 2. The molecule has 1 aromatic carbocycles. The van der Waals surface area contributed by atoms with Gasteiger partial charge in [-0.05, 0) is 92.9 Å². The van der Waals surface area contributed by atoms with E-state index < -0.39 is 6.04 Å². The van der Waals surface area contributed by atoms with Gasteiger partial charge in [-0.1, -0.05) is 13.8 Å². The van der Waals surface area contributed by atoms with Crippen LogP contribution in [0.5, 0.6) is 0 Å². The fourth-order valence-corrected chi connectivity index (χ4v) is 6.20. The fraction of sp³-hybridized carbons (Fsp3) is 0.652. The lowest BCUT2D eigenvalue weighted by Crippen LogP contribution is -2.57. The van der Waals surface area contributed by atoms with Gasteiger partial charge in [0.15, 0.2) is 0 Å². The van der Waals surface area contributed by atoms with Gasteiger partial charge in [-0.25, -0.2) is 4.39 Å². The first-order valence-electron chi connectivity index (χ1n) is 10.6. The molecule has 2 amide bonds. The maximum Gasteiger partial charge on any atom is 0.247 e. The van der Waals surface area contributed by atoms with Gasteiger partial charge in [0.2, 0.25) is 11.8 Å². The molecule has 5 rings (SSSR count). The number of anilines is 1. The monoisotopic (exact) mass is 386 g/mol. The van der Waals surface area contributed by atoms with Crippen LogP contribution in [-0.4, -0.2) is 17.9 Å². The number of nitrogens with one attached hydrogen (secondary N) is 2. The third-order valence-electron chi connectivity index (χ3n) is 7.20. The van der Waals surface area contributed by atoms with Crippen molar-refractivity contribution in [2.24, 2.45) is 29.1 Å². The van der Waals surface area contributed by atoms with E-state index in [2.05, 4.69) is 10.6 Å². The van der Waals surface area contributed by atoms with Gasteiger partial charge in [0.05, 0.1) is 0 Å². The molecule has 0 saturated heterocycles. The molecule has 0 aliphatic heterocycles. The first-order valence-corrected chi connectivity index (χ1v) is 10.6. The Hall–Kier alpha value is -1.91. The van der Waals surface area contributed by atoms with E-state index in [4.69, 9.17) is 0 Å². The fourth-order valence-electron chi connectivity index (χ4n) is 6.20. The summed E-state index contributed by atoms with van der Waals surface area (Å²) in [5, 5.41) is 5.98. The quantitative estimate of drug-likeness (QED) is 0.786. The Morgan fingerprint density at radius 2 is 1.64 bits per heavy atom. The highest BCUT2D eigenvalue weighted by Crippen LogP contribution is 2.60. The summed E-state index contributed by atoms with van der Waals surface area (Å²) in [6, 6.07) is 3.71. The van der Waals surface area contributed by atoms with Crippen molar-refractivity contribution < 1.29 is 14.0 Å². The van der Waals surface area contributed by atoms with Crippen LogP contribution >= 0.6 is 0 Å². The highest BCUT2D eigenvalue weighted by atomic mass is 19.1. The van der Waals surface area contributed by atoms with E-state index in [1.54, 1.807) is 13.0 Å². The Morgan fingerprint density at radius 1 is 1.07 bits per heavy atom. The molecule has 0 aromatic heterocycles. The van der Waals surface area contributed by atoms with Gasteiger partial charge >= 0.3 is 0 Å². The minimum Gasteiger partial charge on any atom is -0.344 e. The molecule has 4 bridgehead atoms. The summed E-state index contributed by atoms with van der Waals surface area (Å²) in [6.07, 6.45) is 6.79. The van der Waals surface area contributed by atoms with Crippen LogP contribution in [0.1, 0.15) is 57.9 Å². The molecule has 4 aliphatic carbocycles. The highest BCUT2D eigenvalue weighted by Gasteiger charge is 2.55. The molecule has 2 N–H and O–H groups in total. The maximum atomic E-state index is 13.3. The Bertz CT molecular complexity index is 754. The predicted molar refractivity (Wildman–Crippen MR) is 107 cm³/mol. The van der Waals surface area contributed by atoms with E-state index in [9.17, 15) is 14.0 Å². The molecular formula is C23H31FN2O2. The molecule has 0 spiro atoms. The maximum absolute atomic E-state index is 13.3. The van der Waals surface area contributed by atoms with Gasteiger partial charge < -0.3 is 10.6 Å². The summed E-state index contributed by atoms with van der Waals surface area (Å²) in [5.41, 5.74) is 0.984. The third kappa shape index (κ3) is 3.56. The number of carbonyl (C=O) groups excluding carboxylic acids is 2. The molecule has 0 unspecified atom stereocenters. The van der Waals surface area contributed by atoms with Crippen LogP contribution in [0.15, 0.2) is 18.2 Å². The van der Waals surface area contributed by atoms with Crippen LogP contribution in [0.2, 0.25) is 0 Å². The second kappa shape index (κ2) is 7.16. The minimum absolute atomic E-state index is 0.0291. The molecule has 0 heterocycles. The van der Waals surface area contributed by atoms with Gasteiger partial charge in [-0.2, -0.15) is 0 Å². The minimum atomic E-state index is -0.593. The Labute approximate surface area is 166 Å². The largest absolute Gasteiger partial charge is 0.344 e. The number of rotatable bonds is 5. The molecule has 4 nitrogen and oxygen atoms in total. The average molecular weight is 387 g/mol. The Balaban J connectivity index is 1.47. The number of amides is 2. The topological polar surface area (TPSA) is 58.2 Å². The van der Waals surface area contributed by atoms with Crippen molar-refractivity contribution in [1.29, 1.82) is 0 Å². The summed E-state index contributed by atoms with van der Waals surface area (Å²) in [5.74, 6) is 1.53. The van der Waals surface area contributed by atoms with E-state index in [0.29, 0.717) is 29.0 Å². The molecule has 1 atom stereocenters. The zero-order valence-corrected chi connectivity index (χ0v) is 17.1. The van der Waals surface area contributed by atoms with Gasteiger partial charge in [0.1, 0.15) is 11.9 Å². The smallest absolute Gasteiger partial charge is 0.247 e. The van der Waals surface area contributed by atoms with E-state index in [1.165, 1.54) is 31.4 Å². The molecular weight excluding hydrogens is 355 g/mol. The lowest BCUT2D eigenvalue weighted by atomic mass is 9.49. The number of carbonyl (C=O) groups is 2. The van der Waals surface area contributed by atoms with Crippen LogP contribution < -0.4 is 10.6 Å². The Kier molecular flexibility index (Phi) is 4.96. The molecule has 0 radical (unpaired) electrons. The molecule has 1 aromatic rings. The molecule has 4 saturated carbocycles. The lowest BCUT2D eigenvalue weighted by Gasteiger charge is -2.55. The van der Waals surface area contributed by atoms with Gasteiger partial charge in [-0.15, -0.1) is 0 Å². The van der Waals surface area contributed by atoms with Gasteiger partial charge in [0.25, 0.3) is 0 Å². The first kappa shape index (κ1) is 19.4. The van der Waals surface area contributed by atoms with Crippen LogP contribution in [0, 0.1) is 41.8 Å². The molecule has 5 heteroatoms. The van der Waals surface area contributed by atoms with Gasteiger partial charge in [0, 0.05) is 11.1 Å². The SMILES string of the molecule is Cc1cc(F)ccc1NC(=O)[C@H](NC(=O)C12CC3CC(CC(C3)C1)C2)C(C)C. The Morgan fingerprint density at radius 3 is 2.14 bits per heavy atom. The number of hydrogen-bond acceptors (Lipinski definition) is 2. The van der Waals surface area contributed by atoms with Crippen LogP contribution in [0.3, 0.4) is 0 Å². The third-order valence-corrected chi connectivity index (χ3v) is 7.20. The van der Waals surface area contributed by atoms with E-state index >= 15 is 0 Å². The summed E-state index contributed by atoms with van der Waals surface area (Å²) in [7, 11) is 0. The summed E-state index contributed by atoms with van der Waals surface area (Å²) in [6.45, 7) is 5.65. The second-order valence-electron chi connectivity index (χ2n) is 9.84. The zero-order valence-electron chi connectivity index (χ0n) is 17.1. The average Bonchev–Trinajstić information content (AvgIpc) is 2.60. The van der Waals surface area contributed by atoms with Crippen molar-refractivity contribution in [1.82, 2.24) is 5.32 Å². The van der Waals surface area contributed by atoms with Crippen molar-refractivity contribution >= 4 is 17.5 Å². The zero-order chi connectivity index (χ0) is 20.1. The van der Waals surface area contributed by atoms with Crippen molar-refractivity contribution in [2.75, 3.05) is 5.32 Å². The number of halogens is 1. The molecule has 4 fully saturated rings. The van der Waals surface area contributed by atoms with Gasteiger partial charge in [-0.3, -0.25) is 9.59 Å². The lowest BCUT2D eigenvalue weighted by molar-refractivity contribution is -0.148.